The highest BCUT2D eigenvalue weighted by Crippen LogP contribution is 2.33. The molecule has 10 nitrogen and oxygen atoms in total. The summed E-state index contributed by atoms with van der Waals surface area (Å²) >= 11 is 0. The summed E-state index contributed by atoms with van der Waals surface area (Å²) in [7, 11) is 1.61. The molecule has 180 valence electrons. The van der Waals surface area contributed by atoms with E-state index in [1.54, 1.807) is 7.05 Å². The van der Waals surface area contributed by atoms with Crippen molar-refractivity contribution in [2.75, 3.05) is 31.2 Å². The summed E-state index contributed by atoms with van der Waals surface area (Å²) in [5.41, 5.74) is 6.41. The van der Waals surface area contributed by atoms with Crippen molar-refractivity contribution < 1.29 is 22.0 Å². The molecule has 0 amide bonds. The summed E-state index contributed by atoms with van der Waals surface area (Å²) in [4.78, 5) is 9.82. The van der Waals surface area contributed by atoms with Gasteiger partial charge in [0.2, 0.25) is 5.95 Å². The Hall–Kier alpha value is -3.62. The minimum absolute atomic E-state index is 0.0406. The predicted octanol–water partition coefficient (Wildman–Crippen LogP) is 2.27. The third-order valence-corrected chi connectivity index (χ3v) is 5.63. The van der Waals surface area contributed by atoms with Crippen LogP contribution in [0.15, 0.2) is 18.3 Å². The highest BCUT2D eigenvalue weighted by molar-refractivity contribution is 5.88. The van der Waals surface area contributed by atoms with Gasteiger partial charge in [0.1, 0.15) is 17.6 Å². The Balaban J connectivity index is 1.53. The van der Waals surface area contributed by atoms with Gasteiger partial charge in [-0.2, -0.15) is 4.98 Å². The van der Waals surface area contributed by atoms with Crippen LogP contribution in [0.25, 0.3) is 27.9 Å². The molecule has 5 rings (SSSR count). The number of nitrogens with one attached hydrogen (secondary N) is 1. The Bertz CT molecular complexity index is 1370. The van der Waals surface area contributed by atoms with Crippen molar-refractivity contribution >= 4 is 28.4 Å². The van der Waals surface area contributed by atoms with Crippen molar-refractivity contribution in [3.63, 3.8) is 0 Å². The van der Waals surface area contributed by atoms with Gasteiger partial charge in [0.25, 0.3) is 12.3 Å². The van der Waals surface area contributed by atoms with Crippen molar-refractivity contribution in [1.82, 2.24) is 39.5 Å². The molecule has 5 heterocycles. The van der Waals surface area contributed by atoms with Crippen LogP contribution in [0.1, 0.15) is 6.42 Å². The topological polar surface area (TPSA) is 115 Å². The van der Waals surface area contributed by atoms with Crippen molar-refractivity contribution in [2.45, 2.75) is 31.4 Å². The number of likely N-dealkylation sites (tertiary alicyclic amines) is 1. The van der Waals surface area contributed by atoms with E-state index in [4.69, 9.17) is 5.73 Å². The lowest BCUT2D eigenvalue weighted by Gasteiger charge is -2.36. The quantitative estimate of drug-likeness (QED) is 0.417. The first-order valence-corrected chi connectivity index (χ1v) is 10.3. The van der Waals surface area contributed by atoms with Crippen LogP contribution in [0.4, 0.5) is 33.7 Å². The number of halogens is 5. The fourth-order valence-corrected chi connectivity index (χ4v) is 4.07. The van der Waals surface area contributed by atoms with Crippen molar-refractivity contribution in [3.8, 4) is 11.3 Å². The number of rotatable bonds is 5. The number of aromatic nitrogens is 7. The second kappa shape index (κ2) is 8.00. The van der Waals surface area contributed by atoms with Gasteiger partial charge in [0.05, 0.1) is 30.0 Å². The number of anilines is 2. The molecule has 15 heteroatoms. The summed E-state index contributed by atoms with van der Waals surface area (Å²) in [5, 5.41) is 14.1. The number of nitrogen functional groups attached to an aromatic ring is 1. The summed E-state index contributed by atoms with van der Waals surface area (Å²) < 4.78 is 71.4. The number of hydrogen-bond acceptors (Lipinski definition) is 8. The molecule has 1 atom stereocenters. The third kappa shape index (κ3) is 3.85. The molecular formula is C19H19F5N10. The summed E-state index contributed by atoms with van der Waals surface area (Å²) in [6, 6.07) is 1.68. The van der Waals surface area contributed by atoms with Crippen LogP contribution >= 0.6 is 0 Å². The van der Waals surface area contributed by atoms with E-state index in [2.05, 4.69) is 30.7 Å². The summed E-state index contributed by atoms with van der Waals surface area (Å²) in [5.74, 6) is -4.14. The van der Waals surface area contributed by atoms with Gasteiger partial charge in [-0.3, -0.25) is 0 Å². The molecule has 0 bridgehead atoms. The summed E-state index contributed by atoms with van der Waals surface area (Å²) in [6.07, 6.45) is -1.52. The van der Waals surface area contributed by atoms with Crippen molar-refractivity contribution in [2.24, 2.45) is 0 Å². The molecule has 1 aliphatic rings. The van der Waals surface area contributed by atoms with E-state index in [9.17, 15) is 22.0 Å². The number of nitrogens with two attached hydrogens (primary N) is 1. The highest BCUT2D eigenvalue weighted by Gasteiger charge is 2.44. The highest BCUT2D eigenvalue weighted by atomic mass is 19.3. The van der Waals surface area contributed by atoms with Crippen molar-refractivity contribution in [1.29, 1.82) is 0 Å². The van der Waals surface area contributed by atoms with E-state index >= 15 is 0 Å². The SMILES string of the molecule is CN1CC[C@@H](Nc2nc(N)c3c(-c4ccc5nnn(CC(F)F)c5n4)c(F)cn3n2)C(F)(F)C1. The third-order valence-electron chi connectivity index (χ3n) is 5.63. The lowest BCUT2D eigenvalue weighted by Crippen LogP contribution is -2.53. The minimum atomic E-state index is -3.03. The fraction of sp³-hybridized carbons (Fsp3) is 0.421. The molecule has 1 saturated heterocycles. The Morgan fingerprint density at radius 1 is 1.26 bits per heavy atom. The van der Waals surface area contributed by atoms with Crippen LogP contribution in [-0.4, -0.2) is 78.0 Å². The molecule has 4 aromatic rings. The van der Waals surface area contributed by atoms with E-state index in [0.29, 0.717) is 6.54 Å². The molecule has 4 aromatic heterocycles. The second-order valence-corrected chi connectivity index (χ2v) is 8.15. The molecule has 0 unspecified atom stereocenters. The maximum atomic E-state index is 15.0. The molecule has 1 aliphatic heterocycles. The average molecular weight is 482 g/mol. The zero-order chi connectivity index (χ0) is 24.2. The Morgan fingerprint density at radius 2 is 2.06 bits per heavy atom. The van der Waals surface area contributed by atoms with Crippen LogP contribution in [-0.2, 0) is 6.54 Å². The van der Waals surface area contributed by atoms with Gasteiger partial charge in [0.15, 0.2) is 17.3 Å². The predicted molar refractivity (Wildman–Crippen MR) is 112 cm³/mol. The van der Waals surface area contributed by atoms with E-state index in [1.807, 2.05) is 0 Å². The van der Waals surface area contributed by atoms with Gasteiger partial charge >= 0.3 is 0 Å². The Morgan fingerprint density at radius 3 is 2.79 bits per heavy atom. The number of hydrogen-bond donors (Lipinski definition) is 2. The first kappa shape index (κ1) is 22.2. The number of piperidine rings is 1. The molecule has 0 spiro atoms. The zero-order valence-corrected chi connectivity index (χ0v) is 17.8. The van der Waals surface area contributed by atoms with Gasteiger partial charge in [0, 0.05) is 6.54 Å². The first-order valence-electron chi connectivity index (χ1n) is 10.3. The Labute approximate surface area is 188 Å². The van der Waals surface area contributed by atoms with E-state index in [0.717, 1.165) is 15.4 Å². The van der Waals surface area contributed by atoms with E-state index in [-0.39, 0.29) is 46.1 Å². The summed E-state index contributed by atoms with van der Waals surface area (Å²) in [6.45, 7) is -0.692. The molecule has 0 aromatic carbocycles. The molecule has 34 heavy (non-hydrogen) atoms. The van der Waals surface area contributed by atoms with Gasteiger partial charge < -0.3 is 16.0 Å². The van der Waals surface area contributed by atoms with E-state index < -0.39 is 37.3 Å². The minimum Gasteiger partial charge on any atom is -0.382 e. The lowest BCUT2D eigenvalue weighted by molar-refractivity contribution is -0.0675. The molecular weight excluding hydrogens is 463 g/mol. The molecule has 0 aliphatic carbocycles. The smallest absolute Gasteiger partial charge is 0.280 e. The zero-order valence-electron chi connectivity index (χ0n) is 17.8. The number of pyridine rings is 1. The van der Waals surface area contributed by atoms with Gasteiger partial charge in [-0.25, -0.2) is 36.1 Å². The Kier molecular flexibility index (Phi) is 5.22. The van der Waals surface area contributed by atoms with Crippen LogP contribution in [0, 0.1) is 5.82 Å². The largest absolute Gasteiger partial charge is 0.382 e. The fourth-order valence-electron chi connectivity index (χ4n) is 4.07. The molecule has 3 N–H and O–H groups in total. The van der Waals surface area contributed by atoms with Gasteiger partial charge in [-0.1, -0.05) is 5.21 Å². The maximum Gasteiger partial charge on any atom is 0.280 e. The van der Waals surface area contributed by atoms with Crippen molar-refractivity contribution in [3.05, 3.63) is 24.1 Å². The second-order valence-electron chi connectivity index (χ2n) is 8.15. The van der Waals surface area contributed by atoms with Crippen LogP contribution < -0.4 is 11.1 Å². The molecule has 0 radical (unpaired) electrons. The van der Waals surface area contributed by atoms with Crippen LogP contribution in [0.5, 0.6) is 0 Å². The number of nitrogens with zero attached hydrogens (tertiary/aromatic N) is 8. The normalized spacial score (nSPS) is 18.9. The maximum absolute atomic E-state index is 15.0. The number of fused-ring (bicyclic) bond motifs is 2. The van der Waals surface area contributed by atoms with Gasteiger partial charge in [-0.15, -0.1) is 10.2 Å². The average Bonchev–Trinajstić information content (AvgIpc) is 3.29. The molecule has 0 saturated carbocycles. The van der Waals surface area contributed by atoms with Crippen LogP contribution in [0.2, 0.25) is 0 Å². The monoisotopic (exact) mass is 482 g/mol. The number of alkyl halides is 4. The standard InChI is InChI=1S/C19H19F5N10/c1-32-5-4-12(19(23,24)8-32)27-18-28-16(25)15-14(9(20)6-33(15)30-18)10-2-3-11-17(26-10)34(31-29-11)7-13(21)22/h2-3,6,12-13H,4-5,7-8H2,1H3,(H3,25,27,28,30)/t12-/m1/s1. The van der Waals surface area contributed by atoms with Crippen LogP contribution in [0.3, 0.4) is 0 Å². The van der Waals surface area contributed by atoms with Gasteiger partial charge in [-0.05, 0) is 25.6 Å². The molecule has 1 fully saturated rings. The first-order chi connectivity index (χ1) is 16.1. The van der Waals surface area contributed by atoms with E-state index in [1.165, 1.54) is 17.0 Å². The lowest BCUT2D eigenvalue weighted by atomic mass is 10.0.